The van der Waals surface area contributed by atoms with Gasteiger partial charge in [0.1, 0.15) is 0 Å². The molecule has 0 saturated heterocycles. The van der Waals surface area contributed by atoms with Crippen LogP contribution in [0.4, 0.5) is 0 Å². The maximum atomic E-state index is 11.7. The van der Waals surface area contributed by atoms with E-state index < -0.39 is 14.8 Å². The third-order valence-electron chi connectivity index (χ3n) is 2.10. The predicted octanol–water partition coefficient (Wildman–Crippen LogP) is 0.689. The lowest BCUT2D eigenvalue weighted by atomic mass is 9.95. The van der Waals surface area contributed by atoms with Gasteiger partial charge < -0.3 is 5.73 Å². The summed E-state index contributed by atoms with van der Waals surface area (Å²) < 4.78 is 25.1. The van der Waals surface area contributed by atoms with Crippen LogP contribution in [0.5, 0.6) is 0 Å². The lowest BCUT2D eigenvalue weighted by Crippen LogP contribution is -2.45. The van der Waals surface area contributed by atoms with Crippen molar-refractivity contribution in [1.82, 2.24) is 4.72 Å². The molecule has 0 aromatic rings. The normalized spacial score (nSPS) is 14.4. The SMILES string of the molecule is CC(C)(CN)CNS(=O)(=O)C(C)(C)C. The molecule has 0 amide bonds. The Morgan fingerprint density at radius 2 is 1.57 bits per heavy atom. The van der Waals surface area contributed by atoms with Gasteiger partial charge >= 0.3 is 0 Å². The summed E-state index contributed by atoms with van der Waals surface area (Å²) in [5.41, 5.74) is 5.31. The summed E-state index contributed by atoms with van der Waals surface area (Å²) in [7, 11) is -3.25. The molecule has 4 nitrogen and oxygen atoms in total. The monoisotopic (exact) mass is 222 g/mol. The summed E-state index contributed by atoms with van der Waals surface area (Å²) in [5, 5.41) is 0. The first-order valence-corrected chi connectivity index (χ1v) is 6.19. The van der Waals surface area contributed by atoms with Gasteiger partial charge in [0.05, 0.1) is 4.75 Å². The van der Waals surface area contributed by atoms with E-state index in [9.17, 15) is 8.42 Å². The molecule has 0 aromatic heterocycles. The van der Waals surface area contributed by atoms with Gasteiger partial charge in [0.15, 0.2) is 0 Å². The van der Waals surface area contributed by atoms with E-state index in [0.29, 0.717) is 13.1 Å². The van der Waals surface area contributed by atoms with Crippen LogP contribution in [0.2, 0.25) is 0 Å². The maximum absolute atomic E-state index is 11.7. The third kappa shape index (κ3) is 3.94. The highest BCUT2D eigenvalue weighted by Gasteiger charge is 2.30. The van der Waals surface area contributed by atoms with Gasteiger partial charge in [0, 0.05) is 6.54 Å². The van der Waals surface area contributed by atoms with E-state index in [1.165, 1.54) is 0 Å². The van der Waals surface area contributed by atoms with Crippen LogP contribution < -0.4 is 10.5 Å². The Hall–Kier alpha value is -0.130. The first-order valence-electron chi connectivity index (χ1n) is 4.71. The minimum Gasteiger partial charge on any atom is -0.330 e. The summed E-state index contributed by atoms with van der Waals surface area (Å²) in [6.45, 7) is 9.71. The smallest absolute Gasteiger partial charge is 0.216 e. The maximum Gasteiger partial charge on any atom is 0.216 e. The molecule has 0 aliphatic carbocycles. The number of nitrogens with two attached hydrogens (primary N) is 1. The molecule has 0 heterocycles. The van der Waals surface area contributed by atoms with Crippen LogP contribution in [-0.2, 0) is 10.0 Å². The highest BCUT2D eigenvalue weighted by molar-refractivity contribution is 7.90. The van der Waals surface area contributed by atoms with Crippen molar-refractivity contribution in [3.05, 3.63) is 0 Å². The molecule has 0 unspecified atom stereocenters. The van der Waals surface area contributed by atoms with Crippen molar-refractivity contribution in [2.24, 2.45) is 11.1 Å². The molecule has 0 bridgehead atoms. The van der Waals surface area contributed by atoms with Crippen LogP contribution in [0, 0.1) is 5.41 Å². The summed E-state index contributed by atoms with van der Waals surface area (Å²) in [6.07, 6.45) is 0. The molecule has 86 valence electrons. The van der Waals surface area contributed by atoms with Gasteiger partial charge in [-0.3, -0.25) is 0 Å². The van der Waals surface area contributed by atoms with E-state index in [1.807, 2.05) is 13.8 Å². The molecule has 0 radical (unpaired) electrons. The molecule has 0 aliphatic rings. The Balaban J connectivity index is 4.43. The van der Waals surface area contributed by atoms with Crippen molar-refractivity contribution in [3.63, 3.8) is 0 Å². The van der Waals surface area contributed by atoms with Gasteiger partial charge in [-0.1, -0.05) is 13.8 Å². The molecular formula is C9H22N2O2S. The molecule has 3 N–H and O–H groups in total. The van der Waals surface area contributed by atoms with Crippen molar-refractivity contribution in [2.75, 3.05) is 13.1 Å². The van der Waals surface area contributed by atoms with Gasteiger partial charge in [-0.05, 0) is 32.7 Å². The van der Waals surface area contributed by atoms with Gasteiger partial charge in [0.2, 0.25) is 10.0 Å². The topological polar surface area (TPSA) is 72.2 Å². The highest BCUT2D eigenvalue weighted by atomic mass is 32.2. The quantitative estimate of drug-likeness (QED) is 0.735. The minimum atomic E-state index is -3.25. The van der Waals surface area contributed by atoms with Crippen LogP contribution in [0.3, 0.4) is 0 Å². The number of nitrogens with one attached hydrogen (secondary N) is 1. The lowest BCUT2D eigenvalue weighted by Gasteiger charge is -2.26. The second-order valence-electron chi connectivity index (χ2n) is 5.31. The molecule has 0 aliphatic heterocycles. The van der Waals surface area contributed by atoms with Crippen molar-refractivity contribution in [1.29, 1.82) is 0 Å². The average Bonchev–Trinajstić information content (AvgIpc) is 1.99. The van der Waals surface area contributed by atoms with E-state index in [4.69, 9.17) is 5.73 Å². The van der Waals surface area contributed by atoms with Crippen LogP contribution in [0.25, 0.3) is 0 Å². The van der Waals surface area contributed by atoms with Gasteiger partial charge in [-0.25, -0.2) is 13.1 Å². The molecule has 0 fully saturated rings. The summed E-state index contributed by atoms with van der Waals surface area (Å²) in [4.78, 5) is 0. The molecule has 0 saturated carbocycles. The lowest BCUT2D eigenvalue weighted by molar-refractivity contribution is 0.374. The van der Waals surface area contributed by atoms with Crippen molar-refractivity contribution in [3.8, 4) is 0 Å². The fraction of sp³-hybridized carbons (Fsp3) is 1.00. The molecule has 14 heavy (non-hydrogen) atoms. The van der Waals surface area contributed by atoms with Crippen LogP contribution >= 0.6 is 0 Å². The zero-order valence-corrected chi connectivity index (χ0v) is 10.5. The Morgan fingerprint density at radius 3 is 1.86 bits per heavy atom. The third-order valence-corrected chi connectivity index (χ3v) is 4.24. The average molecular weight is 222 g/mol. The van der Waals surface area contributed by atoms with E-state index >= 15 is 0 Å². The predicted molar refractivity (Wildman–Crippen MR) is 59.5 cm³/mol. The minimum absolute atomic E-state index is 0.196. The van der Waals surface area contributed by atoms with Crippen molar-refractivity contribution in [2.45, 2.75) is 39.4 Å². The molecule has 0 atom stereocenters. The van der Waals surface area contributed by atoms with Gasteiger partial charge in [-0.15, -0.1) is 0 Å². The molecule has 0 rings (SSSR count). The van der Waals surface area contributed by atoms with Crippen molar-refractivity contribution < 1.29 is 8.42 Å². The number of rotatable bonds is 4. The number of hydrogen-bond donors (Lipinski definition) is 2. The molecule has 5 heteroatoms. The van der Waals surface area contributed by atoms with Crippen LogP contribution in [0.1, 0.15) is 34.6 Å². The second kappa shape index (κ2) is 4.16. The Bertz CT molecular complexity index is 276. The van der Waals surface area contributed by atoms with Crippen LogP contribution in [-0.4, -0.2) is 26.3 Å². The van der Waals surface area contributed by atoms with Gasteiger partial charge in [0.25, 0.3) is 0 Å². The van der Waals surface area contributed by atoms with E-state index in [0.717, 1.165) is 0 Å². The van der Waals surface area contributed by atoms with E-state index in [1.54, 1.807) is 20.8 Å². The Labute approximate surface area is 87.3 Å². The summed E-state index contributed by atoms with van der Waals surface area (Å²) in [5.74, 6) is 0. The molecule has 0 aromatic carbocycles. The first kappa shape index (κ1) is 13.9. The standard InChI is InChI=1S/C9H22N2O2S/c1-8(2,3)14(12,13)11-7-9(4,5)6-10/h11H,6-7,10H2,1-5H3. The Kier molecular flexibility index (Phi) is 4.12. The van der Waals surface area contributed by atoms with Gasteiger partial charge in [-0.2, -0.15) is 0 Å². The fourth-order valence-electron chi connectivity index (χ4n) is 0.579. The molecule has 0 spiro atoms. The summed E-state index contributed by atoms with van der Waals surface area (Å²) >= 11 is 0. The fourth-order valence-corrected chi connectivity index (χ4v) is 1.59. The number of hydrogen-bond acceptors (Lipinski definition) is 3. The Morgan fingerprint density at radius 1 is 1.14 bits per heavy atom. The van der Waals surface area contributed by atoms with E-state index in [2.05, 4.69) is 4.72 Å². The second-order valence-corrected chi connectivity index (χ2v) is 7.83. The zero-order valence-electron chi connectivity index (χ0n) is 9.72. The number of sulfonamides is 1. The summed E-state index contributed by atoms with van der Waals surface area (Å²) in [6, 6.07) is 0. The highest BCUT2D eigenvalue weighted by Crippen LogP contribution is 2.16. The van der Waals surface area contributed by atoms with E-state index in [-0.39, 0.29) is 5.41 Å². The first-order chi connectivity index (χ1) is 6.02. The van der Waals surface area contributed by atoms with Crippen LogP contribution in [0.15, 0.2) is 0 Å². The van der Waals surface area contributed by atoms with Crippen molar-refractivity contribution >= 4 is 10.0 Å². The molecular weight excluding hydrogens is 200 g/mol. The zero-order chi connectivity index (χ0) is 11.6. The largest absolute Gasteiger partial charge is 0.330 e.